The zero-order valence-corrected chi connectivity index (χ0v) is 14.0. The highest BCUT2D eigenvalue weighted by Crippen LogP contribution is 2.29. The van der Waals surface area contributed by atoms with Gasteiger partial charge in [-0.15, -0.1) is 11.8 Å². The van der Waals surface area contributed by atoms with Gasteiger partial charge in [-0.25, -0.2) is 0 Å². The van der Waals surface area contributed by atoms with E-state index in [4.69, 9.17) is 0 Å². The molecule has 0 spiro atoms. The van der Waals surface area contributed by atoms with Crippen molar-refractivity contribution in [3.63, 3.8) is 0 Å². The molecule has 1 aromatic heterocycles. The lowest BCUT2D eigenvalue weighted by molar-refractivity contribution is 0.166. The summed E-state index contributed by atoms with van der Waals surface area (Å²) in [7, 11) is 0. The summed E-state index contributed by atoms with van der Waals surface area (Å²) in [6, 6.07) is 18.8. The molecular weight excluding hydrogens is 302 g/mol. The lowest BCUT2D eigenvalue weighted by Crippen LogP contribution is -2.20. The Bertz CT molecular complexity index is 760. The van der Waals surface area contributed by atoms with E-state index in [1.807, 2.05) is 12.3 Å². The molecule has 1 N–H and O–H groups in total. The van der Waals surface area contributed by atoms with Gasteiger partial charge in [-0.3, -0.25) is 4.98 Å². The summed E-state index contributed by atoms with van der Waals surface area (Å²) in [5.41, 5.74) is 1.18. The maximum Gasteiger partial charge on any atom is 0.0662 e. The minimum Gasteiger partial charge on any atom is -0.392 e. The number of aliphatic hydroxyl groups excluding tert-OH is 1. The van der Waals surface area contributed by atoms with Crippen LogP contribution in [0.4, 0.5) is 0 Å². The smallest absolute Gasteiger partial charge is 0.0662 e. The van der Waals surface area contributed by atoms with Crippen molar-refractivity contribution in [1.29, 1.82) is 0 Å². The molecule has 1 heterocycles. The molecule has 0 aliphatic heterocycles. The van der Waals surface area contributed by atoms with E-state index in [1.54, 1.807) is 18.0 Å². The second-order valence-corrected chi connectivity index (χ2v) is 7.25. The second-order valence-electron chi connectivity index (χ2n) is 5.80. The molecule has 0 aliphatic carbocycles. The van der Waals surface area contributed by atoms with Crippen molar-refractivity contribution >= 4 is 22.5 Å². The van der Waals surface area contributed by atoms with Gasteiger partial charge < -0.3 is 5.11 Å². The predicted octanol–water partition coefficient (Wildman–Crippen LogP) is 4.71. The van der Waals surface area contributed by atoms with Gasteiger partial charge in [-0.05, 0) is 47.4 Å². The van der Waals surface area contributed by atoms with E-state index in [9.17, 15) is 5.11 Å². The Morgan fingerprint density at radius 1 is 1.04 bits per heavy atom. The fourth-order valence-electron chi connectivity index (χ4n) is 2.63. The molecule has 3 heteroatoms. The highest BCUT2D eigenvalue weighted by Gasteiger charge is 2.15. The molecule has 2 atom stereocenters. The Labute approximate surface area is 141 Å². The van der Waals surface area contributed by atoms with E-state index >= 15 is 0 Å². The lowest BCUT2D eigenvalue weighted by atomic mass is 10.1. The maximum atomic E-state index is 10.4. The highest BCUT2D eigenvalue weighted by atomic mass is 32.2. The van der Waals surface area contributed by atoms with Gasteiger partial charge in [0, 0.05) is 22.5 Å². The third-order valence-corrected chi connectivity index (χ3v) is 5.25. The van der Waals surface area contributed by atoms with E-state index in [2.05, 4.69) is 60.4 Å². The second kappa shape index (κ2) is 7.62. The first kappa shape index (κ1) is 16.0. The summed E-state index contributed by atoms with van der Waals surface area (Å²) in [5.74, 6) is 0. The van der Waals surface area contributed by atoms with Crippen LogP contribution >= 0.6 is 11.8 Å². The quantitative estimate of drug-likeness (QED) is 0.667. The average molecular weight is 323 g/mol. The summed E-state index contributed by atoms with van der Waals surface area (Å²) < 4.78 is 0. The Morgan fingerprint density at radius 2 is 1.87 bits per heavy atom. The number of nitrogens with zero attached hydrogens (tertiary/aromatic N) is 1. The third kappa shape index (κ3) is 4.34. The monoisotopic (exact) mass is 323 g/mol. The van der Waals surface area contributed by atoms with Crippen LogP contribution in [0, 0.1) is 0 Å². The largest absolute Gasteiger partial charge is 0.392 e. The van der Waals surface area contributed by atoms with Gasteiger partial charge in [0.1, 0.15) is 0 Å². The van der Waals surface area contributed by atoms with Crippen molar-refractivity contribution in [3.05, 3.63) is 72.6 Å². The van der Waals surface area contributed by atoms with Crippen molar-refractivity contribution < 1.29 is 5.11 Å². The zero-order chi connectivity index (χ0) is 16.1. The molecule has 23 heavy (non-hydrogen) atoms. The topological polar surface area (TPSA) is 33.1 Å². The molecule has 3 rings (SSSR count). The van der Waals surface area contributed by atoms with Crippen molar-refractivity contribution in [1.82, 2.24) is 4.98 Å². The standard InChI is InChI=1S/C20H21NOS/c1-15(20(22)11-8-16-5-4-12-21-14-16)23-19-10-9-17-6-2-3-7-18(17)13-19/h2-7,9-10,12-15,20,22H,8,11H2,1H3. The molecule has 0 saturated heterocycles. The van der Waals surface area contributed by atoms with Crippen LogP contribution in [0.2, 0.25) is 0 Å². The average Bonchev–Trinajstić information content (AvgIpc) is 2.60. The van der Waals surface area contributed by atoms with Gasteiger partial charge in [0.05, 0.1) is 6.10 Å². The number of hydrogen-bond donors (Lipinski definition) is 1. The molecule has 2 nitrogen and oxygen atoms in total. The van der Waals surface area contributed by atoms with Gasteiger partial charge in [0.25, 0.3) is 0 Å². The first-order chi connectivity index (χ1) is 11.2. The third-order valence-electron chi connectivity index (χ3n) is 4.04. The molecule has 0 saturated carbocycles. The molecule has 0 radical (unpaired) electrons. The predicted molar refractivity (Wildman–Crippen MR) is 97.8 cm³/mol. The van der Waals surface area contributed by atoms with Crippen molar-refractivity contribution in [3.8, 4) is 0 Å². The number of aryl methyl sites for hydroxylation is 1. The number of pyridine rings is 1. The van der Waals surface area contributed by atoms with E-state index in [0.29, 0.717) is 0 Å². The van der Waals surface area contributed by atoms with E-state index in [1.165, 1.54) is 21.2 Å². The number of thioether (sulfide) groups is 1. The zero-order valence-electron chi connectivity index (χ0n) is 13.2. The number of fused-ring (bicyclic) bond motifs is 1. The summed E-state index contributed by atoms with van der Waals surface area (Å²) in [5, 5.41) is 13.1. The van der Waals surface area contributed by atoms with Gasteiger partial charge in [0.15, 0.2) is 0 Å². The normalized spacial score (nSPS) is 13.8. The van der Waals surface area contributed by atoms with Crippen LogP contribution in [0.1, 0.15) is 18.9 Å². The van der Waals surface area contributed by atoms with Crippen LogP contribution in [0.15, 0.2) is 71.9 Å². The molecular formula is C20H21NOS. The van der Waals surface area contributed by atoms with E-state index in [-0.39, 0.29) is 11.4 Å². The summed E-state index contributed by atoms with van der Waals surface area (Å²) in [4.78, 5) is 5.32. The lowest BCUT2D eigenvalue weighted by Gasteiger charge is -2.18. The number of aromatic nitrogens is 1. The van der Waals surface area contributed by atoms with Crippen LogP contribution in [0.3, 0.4) is 0 Å². The Kier molecular flexibility index (Phi) is 5.31. The van der Waals surface area contributed by atoms with Gasteiger partial charge in [-0.2, -0.15) is 0 Å². The highest BCUT2D eigenvalue weighted by molar-refractivity contribution is 8.00. The van der Waals surface area contributed by atoms with Crippen LogP contribution in [-0.2, 0) is 6.42 Å². The Hall–Kier alpha value is -1.84. The molecule has 118 valence electrons. The Morgan fingerprint density at radius 3 is 2.65 bits per heavy atom. The van der Waals surface area contributed by atoms with Crippen LogP contribution in [0.25, 0.3) is 10.8 Å². The summed E-state index contributed by atoms with van der Waals surface area (Å²) in [6.45, 7) is 2.09. The fourth-order valence-corrected chi connectivity index (χ4v) is 3.69. The maximum absolute atomic E-state index is 10.4. The van der Waals surface area contributed by atoms with Gasteiger partial charge >= 0.3 is 0 Å². The molecule has 3 aromatic rings. The van der Waals surface area contributed by atoms with Crippen molar-refractivity contribution in [2.24, 2.45) is 0 Å². The number of hydrogen-bond acceptors (Lipinski definition) is 3. The number of rotatable bonds is 6. The molecule has 0 amide bonds. The van der Waals surface area contributed by atoms with Crippen LogP contribution in [0.5, 0.6) is 0 Å². The Balaban J connectivity index is 1.59. The van der Waals surface area contributed by atoms with Gasteiger partial charge in [-0.1, -0.05) is 43.3 Å². The SMILES string of the molecule is CC(Sc1ccc2ccccc2c1)C(O)CCc1cccnc1. The molecule has 2 unspecified atom stereocenters. The van der Waals surface area contributed by atoms with E-state index in [0.717, 1.165) is 12.8 Å². The first-order valence-corrected chi connectivity index (χ1v) is 8.83. The molecule has 2 aromatic carbocycles. The number of benzene rings is 2. The fraction of sp³-hybridized carbons (Fsp3) is 0.250. The van der Waals surface area contributed by atoms with Crippen LogP contribution < -0.4 is 0 Å². The molecule has 0 bridgehead atoms. The minimum atomic E-state index is -0.327. The van der Waals surface area contributed by atoms with E-state index < -0.39 is 0 Å². The van der Waals surface area contributed by atoms with Gasteiger partial charge in [0.2, 0.25) is 0 Å². The summed E-state index contributed by atoms with van der Waals surface area (Å²) >= 11 is 1.74. The number of aliphatic hydroxyl groups is 1. The van der Waals surface area contributed by atoms with Crippen LogP contribution in [-0.4, -0.2) is 21.4 Å². The first-order valence-electron chi connectivity index (χ1n) is 7.95. The van der Waals surface area contributed by atoms with Crippen molar-refractivity contribution in [2.45, 2.75) is 36.0 Å². The minimum absolute atomic E-state index is 0.160. The molecule has 0 aliphatic rings. The van der Waals surface area contributed by atoms with Crippen molar-refractivity contribution in [2.75, 3.05) is 0 Å². The summed E-state index contributed by atoms with van der Waals surface area (Å²) in [6.07, 6.45) is 4.93. The molecule has 0 fully saturated rings.